The maximum absolute atomic E-state index is 11.6. The van der Waals surface area contributed by atoms with Gasteiger partial charge in [-0.1, -0.05) is 0 Å². The number of aryl methyl sites for hydroxylation is 1. The summed E-state index contributed by atoms with van der Waals surface area (Å²) in [6, 6.07) is 1.70. The van der Waals surface area contributed by atoms with Gasteiger partial charge in [-0.3, -0.25) is 4.68 Å². The molecule has 0 aliphatic heterocycles. The van der Waals surface area contributed by atoms with Crippen molar-refractivity contribution >= 4 is 9.84 Å². The summed E-state index contributed by atoms with van der Waals surface area (Å²) in [5.74, 6) is -0.0355. The lowest BCUT2D eigenvalue weighted by atomic mass is 10.5. The fourth-order valence-corrected chi connectivity index (χ4v) is 2.18. The van der Waals surface area contributed by atoms with Crippen LogP contribution in [0.25, 0.3) is 0 Å². The van der Waals surface area contributed by atoms with Gasteiger partial charge in [-0.25, -0.2) is 8.42 Å². The van der Waals surface area contributed by atoms with Gasteiger partial charge in [0.15, 0.2) is 9.84 Å². The van der Waals surface area contributed by atoms with Crippen LogP contribution in [0.4, 0.5) is 0 Å². The maximum atomic E-state index is 11.6. The molecule has 0 spiro atoms. The van der Waals surface area contributed by atoms with Gasteiger partial charge in [0, 0.05) is 19.8 Å². The first-order chi connectivity index (χ1) is 6.45. The molecule has 0 radical (unpaired) electrons. The Morgan fingerprint density at radius 3 is 2.71 bits per heavy atom. The second-order valence-corrected chi connectivity index (χ2v) is 5.75. The quantitative estimate of drug-likeness (QED) is 0.750. The van der Waals surface area contributed by atoms with Crippen molar-refractivity contribution in [2.45, 2.75) is 17.9 Å². The molecule has 0 saturated heterocycles. The molecule has 0 aliphatic carbocycles. The number of sulfone groups is 1. The molecular weight excluding hydrogens is 202 g/mol. The van der Waals surface area contributed by atoms with Gasteiger partial charge >= 0.3 is 0 Å². The highest BCUT2D eigenvalue weighted by Crippen LogP contribution is 2.08. The number of nitrogens with two attached hydrogens (primary N) is 1. The van der Waals surface area contributed by atoms with Crippen molar-refractivity contribution in [2.75, 3.05) is 6.54 Å². The molecule has 5 nitrogen and oxygen atoms in total. The summed E-state index contributed by atoms with van der Waals surface area (Å²) >= 11 is 0. The van der Waals surface area contributed by atoms with Gasteiger partial charge in [0.1, 0.15) is 0 Å². The van der Waals surface area contributed by atoms with Gasteiger partial charge in [-0.05, 0) is 13.0 Å². The molecule has 0 bridgehead atoms. The van der Waals surface area contributed by atoms with Gasteiger partial charge in [0.2, 0.25) is 0 Å². The molecule has 0 saturated carbocycles. The zero-order valence-corrected chi connectivity index (χ0v) is 9.16. The normalized spacial score (nSPS) is 14.2. The lowest BCUT2D eigenvalue weighted by Gasteiger charge is -2.08. The van der Waals surface area contributed by atoms with Crippen LogP contribution in [-0.4, -0.2) is 30.0 Å². The summed E-state index contributed by atoms with van der Waals surface area (Å²) in [5.41, 5.74) is 5.88. The number of rotatable bonds is 4. The van der Waals surface area contributed by atoms with Crippen LogP contribution in [0.5, 0.6) is 0 Å². The van der Waals surface area contributed by atoms with Gasteiger partial charge < -0.3 is 5.73 Å². The molecule has 1 aromatic rings. The Balaban J connectivity index is 2.78. The van der Waals surface area contributed by atoms with E-state index in [-0.39, 0.29) is 12.3 Å². The molecule has 0 amide bonds. The second kappa shape index (κ2) is 4.10. The zero-order valence-electron chi connectivity index (χ0n) is 8.34. The average Bonchev–Trinajstić information content (AvgIpc) is 2.48. The van der Waals surface area contributed by atoms with Crippen molar-refractivity contribution < 1.29 is 8.42 Å². The molecule has 1 heterocycles. The van der Waals surface area contributed by atoms with Crippen LogP contribution >= 0.6 is 0 Å². The molecule has 0 aromatic carbocycles. The van der Waals surface area contributed by atoms with Crippen LogP contribution in [-0.2, 0) is 22.6 Å². The molecule has 14 heavy (non-hydrogen) atoms. The standard InChI is InChI=1S/C8H15N3O2S/c1-7(5-9)14(12,13)6-8-3-4-11(2)10-8/h3-4,7H,5-6,9H2,1-2H3. The predicted molar refractivity (Wildman–Crippen MR) is 54.3 cm³/mol. The molecule has 1 atom stereocenters. The Hall–Kier alpha value is -0.880. The molecule has 2 N–H and O–H groups in total. The smallest absolute Gasteiger partial charge is 0.159 e. The third-order valence-corrected chi connectivity index (χ3v) is 4.18. The first-order valence-electron chi connectivity index (χ1n) is 4.36. The van der Waals surface area contributed by atoms with Crippen molar-refractivity contribution in [1.29, 1.82) is 0 Å². The largest absolute Gasteiger partial charge is 0.329 e. The van der Waals surface area contributed by atoms with Crippen molar-refractivity contribution in [3.63, 3.8) is 0 Å². The molecule has 1 unspecified atom stereocenters. The Morgan fingerprint density at radius 1 is 1.64 bits per heavy atom. The topological polar surface area (TPSA) is 78.0 Å². The summed E-state index contributed by atoms with van der Waals surface area (Å²) in [5, 5.41) is 3.50. The van der Waals surface area contributed by atoms with E-state index in [0.29, 0.717) is 5.69 Å². The van der Waals surface area contributed by atoms with E-state index >= 15 is 0 Å². The van der Waals surface area contributed by atoms with E-state index in [0.717, 1.165) is 0 Å². The molecule has 6 heteroatoms. The van der Waals surface area contributed by atoms with E-state index in [1.807, 2.05) is 0 Å². The summed E-state index contributed by atoms with van der Waals surface area (Å²) in [7, 11) is -1.40. The first-order valence-corrected chi connectivity index (χ1v) is 6.07. The first kappa shape index (κ1) is 11.2. The highest BCUT2D eigenvalue weighted by Gasteiger charge is 2.20. The lowest BCUT2D eigenvalue weighted by molar-refractivity contribution is 0.582. The van der Waals surface area contributed by atoms with Crippen molar-refractivity contribution in [2.24, 2.45) is 12.8 Å². The van der Waals surface area contributed by atoms with Crippen LogP contribution in [0.2, 0.25) is 0 Å². The Morgan fingerprint density at radius 2 is 2.29 bits per heavy atom. The third kappa shape index (κ3) is 2.55. The van der Waals surface area contributed by atoms with Gasteiger partial charge in [0.25, 0.3) is 0 Å². The van der Waals surface area contributed by atoms with Crippen LogP contribution in [0, 0.1) is 0 Å². The summed E-state index contributed by atoms with van der Waals surface area (Å²) in [6.07, 6.45) is 1.72. The molecule has 1 rings (SSSR count). The zero-order chi connectivity index (χ0) is 10.8. The molecule has 0 aliphatic rings. The molecule has 1 aromatic heterocycles. The van der Waals surface area contributed by atoms with Crippen LogP contribution in [0.15, 0.2) is 12.3 Å². The summed E-state index contributed by atoms with van der Waals surface area (Å²) < 4.78 is 24.8. The van der Waals surface area contributed by atoms with Gasteiger partial charge in [-0.15, -0.1) is 0 Å². The molecule has 0 fully saturated rings. The van der Waals surface area contributed by atoms with E-state index in [9.17, 15) is 8.42 Å². The maximum Gasteiger partial charge on any atom is 0.159 e. The Labute approximate surface area is 83.8 Å². The highest BCUT2D eigenvalue weighted by molar-refractivity contribution is 7.91. The predicted octanol–water partition coefficient (Wildman–Crippen LogP) is -0.318. The van der Waals surface area contributed by atoms with Crippen molar-refractivity contribution in [1.82, 2.24) is 9.78 Å². The van der Waals surface area contributed by atoms with E-state index in [1.165, 1.54) is 0 Å². The van der Waals surface area contributed by atoms with E-state index < -0.39 is 15.1 Å². The van der Waals surface area contributed by atoms with Crippen molar-refractivity contribution in [3.05, 3.63) is 18.0 Å². The lowest BCUT2D eigenvalue weighted by Crippen LogP contribution is -2.27. The minimum atomic E-state index is -3.15. The number of hydrogen-bond acceptors (Lipinski definition) is 4. The van der Waals surface area contributed by atoms with E-state index in [2.05, 4.69) is 5.10 Å². The SMILES string of the molecule is CC(CN)S(=O)(=O)Cc1ccn(C)n1. The Kier molecular flexibility index (Phi) is 3.28. The summed E-state index contributed by atoms with van der Waals surface area (Å²) in [6.45, 7) is 1.76. The Bertz CT molecular complexity index is 396. The highest BCUT2D eigenvalue weighted by atomic mass is 32.2. The van der Waals surface area contributed by atoms with E-state index in [1.54, 1.807) is 30.9 Å². The fraction of sp³-hybridized carbons (Fsp3) is 0.625. The molecule has 80 valence electrons. The average molecular weight is 217 g/mol. The van der Waals surface area contributed by atoms with Gasteiger partial charge in [0.05, 0.1) is 16.7 Å². The number of nitrogens with zero attached hydrogens (tertiary/aromatic N) is 2. The van der Waals surface area contributed by atoms with Crippen LogP contribution in [0.3, 0.4) is 0 Å². The fourth-order valence-electron chi connectivity index (χ4n) is 1.04. The molecular formula is C8H15N3O2S. The third-order valence-electron chi connectivity index (χ3n) is 2.06. The van der Waals surface area contributed by atoms with Crippen LogP contribution in [0.1, 0.15) is 12.6 Å². The second-order valence-electron chi connectivity index (χ2n) is 3.33. The monoisotopic (exact) mass is 217 g/mol. The summed E-state index contributed by atoms with van der Waals surface area (Å²) in [4.78, 5) is 0. The minimum Gasteiger partial charge on any atom is -0.329 e. The minimum absolute atomic E-state index is 0.0355. The van der Waals surface area contributed by atoms with E-state index in [4.69, 9.17) is 5.73 Å². The number of hydrogen-bond donors (Lipinski definition) is 1. The van der Waals surface area contributed by atoms with Gasteiger partial charge in [-0.2, -0.15) is 5.10 Å². The van der Waals surface area contributed by atoms with Crippen LogP contribution < -0.4 is 5.73 Å². The number of aromatic nitrogens is 2. The van der Waals surface area contributed by atoms with Crippen molar-refractivity contribution in [3.8, 4) is 0 Å².